The van der Waals surface area contributed by atoms with E-state index in [0.29, 0.717) is 13.1 Å². The molecule has 2 saturated heterocycles. The van der Waals surface area contributed by atoms with Crippen LogP contribution in [0.4, 0.5) is 9.80 Å². The van der Waals surface area contributed by atoms with Crippen molar-refractivity contribution in [3.05, 3.63) is 17.5 Å². The Kier molecular flexibility index (Phi) is 7.94. The lowest BCUT2D eigenvalue weighted by Gasteiger charge is -2.37. The summed E-state index contributed by atoms with van der Waals surface area (Å²) in [4.78, 5) is 33.6. The molecule has 3 heterocycles. The summed E-state index contributed by atoms with van der Waals surface area (Å²) in [6.07, 6.45) is 0. The first kappa shape index (κ1) is 20.7. The molecule has 0 spiro atoms. The lowest BCUT2D eigenvalue weighted by Crippen LogP contribution is -2.52. The zero-order chi connectivity index (χ0) is 17.6. The highest BCUT2D eigenvalue weighted by Gasteiger charge is 2.27. The molecule has 2 aliphatic rings. The second kappa shape index (κ2) is 9.95. The maximum atomic E-state index is 11.6. The van der Waals surface area contributed by atoms with Crippen LogP contribution in [0.3, 0.4) is 0 Å². The minimum atomic E-state index is -0.324. The van der Waals surface area contributed by atoms with E-state index in [1.54, 1.807) is 11.3 Å². The molecule has 3 rings (SSSR count). The normalized spacial score (nSPS) is 18.0. The maximum absolute atomic E-state index is 11.6. The summed E-state index contributed by atoms with van der Waals surface area (Å²) in [7, 11) is 0. The number of carbonyl (C=O) groups is 2. The smallest absolute Gasteiger partial charge is 0.324 e. The third-order valence-corrected chi connectivity index (χ3v) is 5.18. The van der Waals surface area contributed by atoms with Crippen molar-refractivity contribution < 1.29 is 9.59 Å². The Morgan fingerprint density at radius 1 is 1.31 bits per heavy atom. The van der Waals surface area contributed by atoms with Gasteiger partial charge in [-0.3, -0.25) is 14.7 Å². The number of thiophene rings is 1. The Balaban J connectivity index is 0.00000243. The van der Waals surface area contributed by atoms with Gasteiger partial charge in [0.2, 0.25) is 5.91 Å². The number of anilines is 1. The number of hydrogen-bond donors (Lipinski definition) is 2. The average molecular weight is 492 g/mol. The van der Waals surface area contributed by atoms with Gasteiger partial charge in [0.1, 0.15) is 0 Å². The van der Waals surface area contributed by atoms with E-state index in [0.717, 1.165) is 38.7 Å². The number of guanidine groups is 1. The molecule has 1 aromatic rings. The van der Waals surface area contributed by atoms with Crippen LogP contribution in [-0.4, -0.2) is 80.1 Å². The molecular weight excluding hydrogens is 467 g/mol. The van der Waals surface area contributed by atoms with Crippen molar-refractivity contribution in [3.63, 3.8) is 0 Å². The first-order valence-electron chi connectivity index (χ1n) is 8.59. The van der Waals surface area contributed by atoms with E-state index >= 15 is 0 Å². The van der Waals surface area contributed by atoms with E-state index in [2.05, 4.69) is 42.9 Å². The topological polar surface area (TPSA) is 80.3 Å². The largest absolute Gasteiger partial charge is 0.360 e. The van der Waals surface area contributed by atoms with Crippen LogP contribution in [0.1, 0.15) is 6.92 Å². The Morgan fingerprint density at radius 3 is 2.65 bits per heavy atom. The van der Waals surface area contributed by atoms with Gasteiger partial charge in [-0.05, 0) is 24.4 Å². The van der Waals surface area contributed by atoms with E-state index in [-0.39, 0.29) is 42.5 Å². The van der Waals surface area contributed by atoms with Crippen molar-refractivity contribution in [1.29, 1.82) is 0 Å². The molecule has 2 fully saturated rings. The van der Waals surface area contributed by atoms with Crippen LogP contribution in [0.25, 0.3) is 0 Å². The number of amides is 3. The summed E-state index contributed by atoms with van der Waals surface area (Å²) in [6.45, 7) is 7.34. The number of rotatable bonds is 5. The highest BCUT2D eigenvalue weighted by atomic mass is 127. The van der Waals surface area contributed by atoms with Crippen molar-refractivity contribution >= 4 is 58.2 Å². The number of urea groups is 1. The summed E-state index contributed by atoms with van der Waals surface area (Å²) in [5, 5.41) is 9.23. The van der Waals surface area contributed by atoms with Crippen molar-refractivity contribution in [2.45, 2.75) is 6.92 Å². The van der Waals surface area contributed by atoms with E-state index in [1.807, 2.05) is 6.92 Å². The number of imide groups is 1. The molecule has 0 bridgehead atoms. The lowest BCUT2D eigenvalue weighted by molar-refractivity contribution is -0.124. The number of piperazine rings is 1. The van der Waals surface area contributed by atoms with Gasteiger partial charge >= 0.3 is 6.03 Å². The Morgan fingerprint density at radius 2 is 2.08 bits per heavy atom. The fourth-order valence-electron chi connectivity index (χ4n) is 2.95. The van der Waals surface area contributed by atoms with Crippen LogP contribution in [0.2, 0.25) is 0 Å². The summed E-state index contributed by atoms with van der Waals surface area (Å²) in [6, 6.07) is 3.90. The van der Waals surface area contributed by atoms with Crippen LogP contribution in [0.5, 0.6) is 0 Å². The van der Waals surface area contributed by atoms with Crippen LogP contribution >= 0.6 is 35.3 Å². The van der Waals surface area contributed by atoms with Crippen LogP contribution in [0.15, 0.2) is 22.5 Å². The third-order valence-electron chi connectivity index (χ3n) is 4.25. The molecule has 144 valence electrons. The number of aliphatic imine (C=N–C) groups is 1. The van der Waals surface area contributed by atoms with Gasteiger partial charge in [-0.15, -0.1) is 35.3 Å². The Hall–Kier alpha value is -1.56. The molecule has 1 aromatic heterocycles. The third kappa shape index (κ3) is 5.00. The summed E-state index contributed by atoms with van der Waals surface area (Å²) >= 11 is 1.76. The molecule has 0 radical (unpaired) electrons. The van der Waals surface area contributed by atoms with E-state index in [4.69, 9.17) is 0 Å². The molecule has 0 saturated carbocycles. The average Bonchev–Trinajstić information content (AvgIpc) is 3.26. The molecule has 3 amide bonds. The first-order chi connectivity index (χ1) is 12.2. The van der Waals surface area contributed by atoms with Crippen molar-refractivity contribution in [2.75, 3.05) is 57.3 Å². The second-order valence-corrected chi connectivity index (χ2v) is 6.79. The van der Waals surface area contributed by atoms with Gasteiger partial charge < -0.3 is 20.4 Å². The van der Waals surface area contributed by atoms with E-state index in [9.17, 15) is 9.59 Å². The number of nitrogens with one attached hydrogen (secondary N) is 2. The minimum Gasteiger partial charge on any atom is -0.360 e. The zero-order valence-electron chi connectivity index (χ0n) is 14.8. The van der Waals surface area contributed by atoms with Crippen molar-refractivity contribution in [1.82, 2.24) is 20.4 Å². The Bertz CT molecular complexity index is 615. The highest BCUT2D eigenvalue weighted by Crippen LogP contribution is 2.22. The molecule has 2 N–H and O–H groups in total. The van der Waals surface area contributed by atoms with Crippen LogP contribution in [0, 0.1) is 0 Å². The molecule has 26 heavy (non-hydrogen) atoms. The standard InChI is InChI=1S/C16H24N6O2S.HI/c1-2-17-15(18-5-6-22-13(23)12-19-16(22)24)21-9-7-20(8-10-21)14-4-3-11-25-14;/h3-4,11H,2,5-10,12H2,1H3,(H,17,18)(H,19,24);1H. The van der Waals surface area contributed by atoms with Gasteiger partial charge in [-0.2, -0.15) is 0 Å². The van der Waals surface area contributed by atoms with Crippen molar-refractivity contribution in [2.24, 2.45) is 4.99 Å². The maximum Gasteiger partial charge on any atom is 0.324 e. The summed E-state index contributed by atoms with van der Waals surface area (Å²) in [5.74, 6) is 0.662. The quantitative estimate of drug-likeness (QED) is 0.278. The number of hydrogen-bond acceptors (Lipinski definition) is 5. The van der Waals surface area contributed by atoms with Crippen LogP contribution < -0.4 is 15.5 Å². The molecule has 0 aromatic carbocycles. The molecule has 2 aliphatic heterocycles. The van der Waals surface area contributed by atoms with Gasteiger partial charge in [-0.1, -0.05) is 0 Å². The van der Waals surface area contributed by atoms with E-state index < -0.39 is 0 Å². The van der Waals surface area contributed by atoms with Gasteiger partial charge in [0.15, 0.2) is 5.96 Å². The number of halogens is 1. The molecule has 0 atom stereocenters. The lowest BCUT2D eigenvalue weighted by atomic mass is 10.3. The first-order valence-corrected chi connectivity index (χ1v) is 9.47. The Labute approximate surface area is 174 Å². The molecule has 8 nitrogen and oxygen atoms in total. The van der Waals surface area contributed by atoms with Crippen molar-refractivity contribution in [3.8, 4) is 0 Å². The van der Waals surface area contributed by atoms with Gasteiger partial charge in [-0.25, -0.2) is 4.79 Å². The number of carbonyl (C=O) groups excluding carboxylic acids is 2. The van der Waals surface area contributed by atoms with Crippen LogP contribution in [-0.2, 0) is 4.79 Å². The van der Waals surface area contributed by atoms with Gasteiger partial charge in [0.05, 0.1) is 24.6 Å². The van der Waals surface area contributed by atoms with E-state index in [1.165, 1.54) is 9.90 Å². The van der Waals surface area contributed by atoms with Gasteiger partial charge in [0, 0.05) is 32.7 Å². The van der Waals surface area contributed by atoms with Gasteiger partial charge in [0.25, 0.3) is 0 Å². The zero-order valence-corrected chi connectivity index (χ0v) is 18.0. The number of nitrogens with zero attached hydrogens (tertiary/aromatic N) is 4. The fraction of sp³-hybridized carbons (Fsp3) is 0.562. The predicted octanol–water partition coefficient (Wildman–Crippen LogP) is 1.01. The molecular formula is C16H25IN6O2S. The summed E-state index contributed by atoms with van der Waals surface area (Å²) < 4.78 is 0. The highest BCUT2D eigenvalue weighted by molar-refractivity contribution is 14.0. The molecule has 10 heteroatoms. The fourth-order valence-corrected chi connectivity index (χ4v) is 3.74. The molecule has 0 aliphatic carbocycles. The second-order valence-electron chi connectivity index (χ2n) is 5.87. The predicted molar refractivity (Wildman–Crippen MR) is 115 cm³/mol. The minimum absolute atomic E-state index is 0. The summed E-state index contributed by atoms with van der Waals surface area (Å²) in [5.41, 5.74) is 0. The monoisotopic (exact) mass is 492 g/mol. The SMILES string of the molecule is CCNC(=NCCN1C(=O)CNC1=O)N1CCN(c2cccs2)CC1.I. The molecule has 0 unspecified atom stereocenters.